The Kier molecular flexibility index (Phi) is 46.2. The minimum Gasteiger partial charge on any atom is -0.462 e. The summed E-state index contributed by atoms with van der Waals surface area (Å²) in [5.74, 6) is -0.561. The number of allylic oxidation sites excluding steroid dienone is 12. The molecule has 0 spiro atoms. The Bertz CT molecular complexity index is 1140. The van der Waals surface area contributed by atoms with Gasteiger partial charge in [-0.05, 0) is 64.2 Å². The lowest BCUT2D eigenvalue weighted by Gasteiger charge is -2.24. The molecule has 0 aliphatic carbocycles. The molecule has 352 valence electrons. The average molecular weight is 852 g/mol. The number of unbranched alkanes of at least 4 members (excludes halogenated alkanes) is 25. The number of nitrogens with one attached hydrogen (secondary N) is 1. The predicted octanol–water partition coefficient (Wildman–Crippen LogP) is 15.4. The van der Waals surface area contributed by atoms with Crippen LogP contribution in [-0.2, 0) is 14.3 Å². The molecule has 0 aliphatic heterocycles. The molecule has 3 atom stereocenters. The lowest BCUT2D eigenvalue weighted by Crippen LogP contribution is -2.46. The molecule has 6 nitrogen and oxygen atoms in total. The van der Waals surface area contributed by atoms with Crippen molar-refractivity contribution >= 4 is 11.9 Å². The van der Waals surface area contributed by atoms with Crippen LogP contribution < -0.4 is 5.32 Å². The number of carbonyl (C=O) groups is 2. The standard InChI is InChI=1S/C55H97NO5/c1-4-7-10-13-16-19-22-24-25-26-27-28-30-33-36-39-42-45-48-55(60)61-51(46-43-40-37-34-31-21-18-15-12-9-6-3)49-54(59)56-52(50-57)53(58)47-44-41-38-35-32-29-23-20-17-14-11-8-5-2/h9,12,15,18,21,25-28,31,34,37,51-53,57-58H,4-8,10-11,13-14,16-17,19-20,22-24,29-30,32-33,35-36,38-50H2,1-3H3,(H,56,59)/b12-9+,18-15+,26-25+,28-27+,31-21-,37-34-. The van der Waals surface area contributed by atoms with Gasteiger partial charge >= 0.3 is 5.97 Å². The Morgan fingerprint density at radius 1 is 0.492 bits per heavy atom. The Labute approximate surface area is 377 Å². The zero-order valence-corrected chi connectivity index (χ0v) is 40.0. The van der Waals surface area contributed by atoms with Gasteiger partial charge in [-0.15, -0.1) is 0 Å². The Hall–Kier alpha value is -2.70. The fraction of sp³-hybridized carbons (Fsp3) is 0.745. The van der Waals surface area contributed by atoms with Crippen molar-refractivity contribution in [3.8, 4) is 0 Å². The fourth-order valence-electron chi connectivity index (χ4n) is 7.50. The van der Waals surface area contributed by atoms with E-state index in [-0.39, 0.29) is 24.9 Å². The summed E-state index contributed by atoms with van der Waals surface area (Å²) in [4.78, 5) is 26.1. The van der Waals surface area contributed by atoms with E-state index < -0.39 is 18.2 Å². The molecule has 0 aromatic rings. The molecule has 61 heavy (non-hydrogen) atoms. The first-order valence-electron chi connectivity index (χ1n) is 25.7. The van der Waals surface area contributed by atoms with Crippen LogP contribution in [-0.4, -0.2) is 46.9 Å². The normalized spacial score (nSPS) is 13.9. The number of esters is 1. The summed E-state index contributed by atoms with van der Waals surface area (Å²) in [6.45, 7) is 6.31. The van der Waals surface area contributed by atoms with Crippen LogP contribution in [0.5, 0.6) is 0 Å². The summed E-state index contributed by atoms with van der Waals surface area (Å²) in [6, 6.07) is -0.728. The van der Waals surface area contributed by atoms with Gasteiger partial charge in [0, 0.05) is 6.42 Å². The summed E-state index contributed by atoms with van der Waals surface area (Å²) < 4.78 is 5.88. The van der Waals surface area contributed by atoms with E-state index in [9.17, 15) is 19.8 Å². The van der Waals surface area contributed by atoms with Crippen LogP contribution in [0, 0.1) is 0 Å². The van der Waals surface area contributed by atoms with E-state index in [4.69, 9.17) is 4.74 Å². The molecule has 0 rings (SSSR count). The van der Waals surface area contributed by atoms with Gasteiger partial charge in [-0.3, -0.25) is 9.59 Å². The Balaban J connectivity index is 4.61. The first-order chi connectivity index (χ1) is 30.0. The van der Waals surface area contributed by atoms with E-state index in [0.29, 0.717) is 19.3 Å². The lowest BCUT2D eigenvalue weighted by atomic mass is 10.0. The van der Waals surface area contributed by atoms with E-state index in [1.54, 1.807) is 0 Å². The molecule has 0 aliphatic rings. The monoisotopic (exact) mass is 852 g/mol. The molecule has 0 radical (unpaired) electrons. The molecule has 0 aromatic heterocycles. The Morgan fingerprint density at radius 2 is 0.902 bits per heavy atom. The Morgan fingerprint density at radius 3 is 1.39 bits per heavy atom. The van der Waals surface area contributed by atoms with Crippen molar-refractivity contribution < 1.29 is 24.5 Å². The van der Waals surface area contributed by atoms with Crippen LogP contribution in [0.2, 0.25) is 0 Å². The first-order valence-corrected chi connectivity index (χ1v) is 25.7. The lowest BCUT2D eigenvalue weighted by molar-refractivity contribution is -0.151. The predicted molar refractivity (Wildman–Crippen MR) is 264 cm³/mol. The number of hydrogen-bond donors (Lipinski definition) is 3. The highest BCUT2D eigenvalue weighted by atomic mass is 16.5. The molecule has 0 saturated heterocycles. The maximum Gasteiger partial charge on any atom is 0.306 e. The molecule has 6 heteroatoms. The number of rotatable bonds is 45. The highest BCUT2D eigenvalue weighted by Gasteiger charge is 2.24. The fourth-order valence-corrected chi connectivity index (χ4v) is 7.50. The third-order valence-corrected chi connectivity index (χ3v) is 11.4. The van der Waals surface area contributed by atoms with Crippen molar-refractivity contribution in [1.82, 2.24) is 5.32 Å². The quantitative estimate of drug-likeness (QED) is 0.0322. The van der Waals surface area contributed by atoms with Gasteiger partial charge in [0.2, 0.25) is 5.91 Å². The summed E-state index contributed by atoms with van der Waals surface area (Å²) in [5, 5.41) is 23.7. The van der Waals surface area contributed by atoms with Crippen molar-refractivity contribution in [2.24, 2.45) is 0 Å². The zero-order chi connectivity index (χ0) is 44.5. The molecule has 0 aromatic carbocycles. The molecule has 0 saturated carbocycles. The third kappa shape index (κ3) is 43.7. The van der Waals surface area contributed by atoms with Crippen LogP contribution in [0.1, 0.15) is 239 Å². The highest BCUT2D eigenvalue weighted by molar-refractivity contribution is 5.77. The van der Waals surface area contributed by atoms with Gasteiger partial charge in [-0.25, -0.2) is 0 Å². The second kappa shape index (κ2) is 48.3. The average Bonchev–Trinajstić information content (AvgIpc) is 3.25. The molecule has 0 bridgehead atoms. The topological polar surface area (TPSA) is 95.9 Å². The molecule has 0 heterocycles. The number of hydrogen-bond acceptors (Lipinski definition) is 5. The summed E-state index contributed by atoms with van der Waals surface area (Å²) in [5.41, 5.74) is 0. The molecular weight excluding hydrogens is 755 g/mol. The minimum absolute atomic E-state index is 0.0230. The van der Waals surface area contributed by atoms with Crippen LogP contribution in [0.15, 0.2) is 72.9 Å². The van der Waals surface area contributed by atoms with E-state index in [2.05, 4.69) is 62.5 Å². The number of aliphatic hydroxyl groups is 2. The van der Waals surface area contributed by atoms with Crippen molar-refractivity contribution in [3.05, 3.63) is 72.9 Å². The van der Waals surface area contributed by atoms with Crippen LogP contribution >= 0.6 is 0 Å². The van der Waals surface area contributed by atoms with E-state index in [1.807, 2.05) is 36.5 Å². The number of amides is 1. The number of carbonyl (C=O) groups excluding carboxylic acids is 2. The maximum atomic E-state index is 13.2. The van der Waals surface area contributed by atoms with E-state index in [1.165, 1.54) is 116 Å². The van der Waals surface area contributed by atoms with Gasteiger partial charge in [0.25, 0.3) is 0 Å². The van der Waals surface area contributed by atoms with Crippen molar-refractivity contribution in [2.75, 3.05) is 6.61 Å². The largest absolute Gasteiger partial charge is 0.462 e. The molecular formula is C55H97NO5. The number of ether oxygens (including phenoxy) is 1. The molecule has 3 unspecified atom stereocenters. The van der Waals surface area contributed by atoms with Gasteiger partial charge in [-0.2, -0.15) is 0 Å². The third-order valence-electron chi connectivity index (χ3n) is 11.4. The number of aliphatic hydroxyl groups excluding tert-OH is 2. The molecule has 1 amide bonds. The SMILES string of the molecule is CC/C=C/C=C/C=C\C=C/CCCC(CC(=O)NC(CO)C(O)CCCCCCCCCCCCCCC)OC(=O)CCCCCCC/C=C/C=C/CCCCCCCCC. The summed E-state index contributed by atoms with van der Waals surface area (Å²) in [6.07, 6.45) is 61.1. The van der Waals surface area contributed by atoms with Gasteiger partial charge in [0.05, 0.1) is 25.2 Å². The van der Waals surface area contributed by atoms with Crippen molar-refractivity contribution in [2.45, 2.75) is 257 Å². The summed E-state index contributed by atoms with van der Waals surface area (Å²) >= 11 is 0. The smallest absolute Gasteiger partial charge is 0.306 e. The van der Waals surface area contributed by atoms with Crippen LogP contribution in [0.4, 0.5) is 0 Å². The van der Waals surface area contributed by atoms with Crippen molar-refractivity contribution in [3.63, 3.8) is 0 Å². The van der Waals surface area contributed by atoms with Gasteiger partial charge in [-0.1, -0.05) is 235 Å². The van der Waals surface area contributed by atoms with Gasteiger partial charge in [0.1, 0.15) is 6.10 Å². The maximum absolute atomic E-state index is 13.2. The first kappa shape index (κ1) is 58.3. The molecule has 3 N–H and O–H groups in total. The highest BCUT2D eigenvalue weighted by Crippen LogP contribution is 2.17. The minimum atomic E-state index is -0.809. The summed E-state index contributed by atoms with van der Waals surface area (Å²) in [7, 11) is 0. The molecule has 0 fully saturated rings. The van der Waals surface area contributed by atoms with Crippen molar-refractivity contribution in [1.29, 1.82) is 0 Å². The van der Waals surface area contributed by atoms with Crippen LogP contribution in [0.25, 0.3) is 0 Å². The van der Waals surface area contributed by atoms with E-state index >= 15 is 0 Å². The zero-order valence-electron chi connectivity index (χ0n) is 40.0. The van der Waals surface area contributed by atoms with Gasteiger partial charge in [0.15, 0.2) is 0 Å². The van der Waals surface area contributed by atoms with Gasteiger partial charge < -0.3 is 20.3 Å². The van der Waals surface area contributed by atoms with E-state index in [0.717, 1.165) is 77.0 Å². The van der Waals surface area contributed by atoms with Crippen LogP contribution in [0.3, 0.4) is 0 Å². The second-order valence-electron chi connectivity index (χ2n) is 17.3. The second-order valence-corrected chi connectivity index (χ2v) is 17.3.